The summed E-state index contributed by atoms with van der Waals surface area (Å²) in [5.41, 5.74) is 2.94. The molecule has 4 aliphatic carbocycles. The fourth-order valence-corrected chi connectivity index (χ4v) is 5.07. The molecule has 2 heteroatoms. The standard InChI is InChI=1S/C19H24O2/c1-20-17-8-14(9-18(11-17)21-2)10-19-15-4-12-3-13(6-15)7-16(19)5-12/h8-13,15-16H,3-7H2,1-2H3. The van der Waals surface area contributed by atoms with Crippen molar-refractivity contribution in [3.8, 4) is 11.5 Å². The summed E-state index contributed by atoms with van der Waals surface area (Å²) >= 11 is 0. The highest BCUT2D eigenvalue weighted by molar-refractivity contribution is 5.59. The van der Waals surface area contributed by atoms with E-state index in [1.165, 1.54) is 37.7 Å². The third kappa shape index (κ3) is 2.35. The van der Waals surface area contributed by atoms with Crippen LogP contribution in [0.25, 0.3) is 6.08 Å². The maximum absolute atomic E-state index is 5.40. The number of hydrogen-bond acceptors (Lipinski definition) is 2. The molecule has 1 aromatic rings. The molecule has 5 rings (SSSR count). The van der Waals surface area contributed by atoms with Crippen molar-refractivity contribution < 1.29 is 9.47 Å². The first-order valence-electron chi connectivity index (χ1n) is 8.19. The monoisotopic (exact) mass is 284 g/mol. The van der Waals surface area contributed by atoms with E-state index in [-0.39, 0.29) is 0 Å². The number of hydrogen-bond donors (Lipinski definition) is 0. The topological polar surface area (TPSA) is 18.5 Å². The summed E-state index contributed by atoms with van der Waals surface area (Å²) < 4.78 is 10.8. The molecule has 4 aliphatic rings. The predicted molar refractivity (Wildman–Crippen MR) is 84.6 cm³/mol. The fourth-order valence-electron chi connectivity index (χ4n) is 5.07. The number of methoxy groups -OCH3 is 2. The number of allylic oxidation sites excluding steroid dienone is 1. The number of ether oxygens (including phenoxy) is 2. The molecule has 4 fully saturated rings. The van der Waals surface area contributed by atoms with Gasteiger partial charge in [-0.1, -0.05) is 11.6 Å². The molecule has 0 aliphatic heterocycles. The second kappa shape index (κ2) is 5.08. The Balaban J connectivity index is 1.68. The molecule has 0 saturated heterocycles. The van der Waals surface area contributed by atoms with Crippen LogP contribution in [0.5, 0.6) is 11.5 Å². The van der Waals surface area contributed by atoms with Gasteiger partial charge in [-0.15, -0.1) is 0 Å². The smallest absolute Gasteiger partial charge is 0.123 e. The molecule has 4 saturated carbocycles. The second-order valence-electron chi connectivity index (χ2n) is 7.09. The van der Waals surface area contributed by atoms with Crippen LogP contribution in [-0.4, -0.2) is 14.2 Å². The first-order valence-corrected chi connectivity index (χ1v) is 8.19. The molecule has 21 heavy (non-hydrogen) atoms. The average Bonchev–Trinajstić information content (AvgIpc) is 2.49. The summed E-state index contributed by atoms with van der Waals surface area (Å²) in [7, 11) is 3.43. The van der Waals surface area contributed by atoms with Gasteiger partial charge in [0.05, 0.1) is 14.2 Å². The van der Waals surface area contributed by atoms with E-state index in [9.17, 15) is 0 Å². The van der Waals surface area contributed by atoms with Crippen molar-refractivity contribution in [1.29, 1.82) is 0 Å². The summed E-state index contributed by atoms with van der Waals surface area (Å²) in [4.78, 5) is 0. The Kier molecular flexibility index (Phi) is 3.20. The Morgan fingerprint density at radius 2 is 1.33 bits per heavy atom. The van der Waals surface area contributed by atoms with Gasteiger partial charge in [-0.2, -0.15) is 0 Å². The van der Waals surface area contributed by atoms with Gasteiger partial charge in [0.25, 0.3) is 0 Å². The lowest BCUT2D eigenvalue weighted by molar-refractivity contribution is 0.0710. The molecule has 0 heterocycles. The Bertz CT molecular complexity index is 521. The van der Waals surface area contributed by atoms with Crippen molar-refractivity contribution in [2.75, 3.05) is 14.2 Å². The zero-order chi connectivity index (χ0) is 14.4. The number of rotatable bonds is 3. The minimum Gasteiger partial charge on any atom is -0.497 e. The quantitative estimate of drug-likeness (QED) is 0.811. The van der Waals surface area contributed by atoms with Crippen molar-refractivity contribution in [1.82, 2.24) is 0 Å². The Morgan fingerprint density at radius 3 is 1.81 bits per heavy atom. The average molecular weight is 284 g/mol. The number of benzene rings is 1. The van der Waals surface area contributed by atoms with Gasteiger partial charge in [-0.05, 0) is 73.5 Å². The maximum atomic E-state index is 5.40. The van der Waals surface area contributed by atoms with Crippen LogP contribution in [0.2, 0.25) is 0 Å². The van der Waals surface area contributed by atoms with Gasteiger partial charge in [-0.25, -0.2) is 0 Å². The highest BCUT2D eigenvalue weighted by Crippen LogP contribution is 2.56. The van der Waals surface area contributed by atoms with Gasteiger partial charge in [0.15, 0.2) is 0 Å². The molecule has 0 radical (unpaired) electrons. The lowest BCUT2D eigenvalue weighted by atomic mass is 9.54. The lowest BCUT2D eigenvalue weighted by Crippen LogP contribution is -2.40. The first-order chi connectivity index (χ1) is 10.2. The SMILES string of the molecule is COc1cc(C=C2C3CC4CC(C3)CC2C4)cc(OC)c1. The van der Waals surface area contributed by atoms with E-state index in [1.54, 1.807) is 19.8 Å². The molecule has 0 N–H and O–H groups in total. The van der Waals surface area contributed by atoms with Gasteiger partial charge in [0.2, 0.25) is 0 Å². The van der Waals surface area contributed by atoms with E-state index in [2.05, 4.69) is 18.2 Å². The molecule has 4 bridgehead atoms. The van der Waals surface area contributed by atoms with Crippen LogP contribution in [0.1, 0.15) is 37.7 Å². The zero-order valence-corrected chi connectivity index (χ0v) is 13.0. The van der Waals surface area contributed by atoms with E-state index < -0.39 is 0 Å². The van der Waals surface area contributed by atoms with Crippen LogP contribution >= 0.6 is 0 Å². The second-order valence-corrected chi connectivity index (χ2v) is 7.09. The molecule has 0 unspecified atom stereocenters. The van der Waals surface area contributed by atoms with Gasteiger partial charge in [-0.3, -0.25) is 0 Å². The van der Waals surface area contributed by atoms with Gasteiger partial charge >= 0.3 is 0 Å². The Hall–Kier alpha value is -1.44. The molecule has 0 aromatic heterocycles. The van der Waals surface area contributed by atoms with Gasteiger partial charge < -0.3 is 9.47 Å². The highest BCUT2D eigenvalue weighted by Gasteiger charge is 2.44. The molecule has 2 nitrogen and oxygen atoms in total. The van der Waals surface area contributed by atoms with Crippen LogP contribution in [0.4, 0.5) is 0 Å². The molecule has 0 amide bonds. The largest absolute Gasteiger partial charge is 0.497 e. The molecular formula is C19H24O2. The van der Waals surface area contributed by atoms with E-state index in [1.807, 2.05) is 6.07 Å². The van der Waals surface area contributed by atoms with E-state index >= 15 is 0 Å². The van der Waals surface area contributed by atoms with Crippen LogP contribution in [0.15, 0.2) is 23.8 Å². The van der Waals surface area contributed by atoms with Crippen molar-refractivity contribution in [2.24, 2.45) is 23.7 Å². The minimum absolute atomic E-state index is 0.846. The first kappa shape index (κ1) is 13.2. The van der Waals surface area contributed by atoms with Crippen LogP contribution in [-0.2, 0) is 0 Å². The van der Waals surface area contributed by atoms with Gasteiger partial charge in [0.1, 0.15) is 11.5 Å². The van der Waals surface area contributed by atoms with Crippen molar-refractivity contribution in [3.63, 3.8) is 0 Å². The third-order valence-electron chi connectivity index (χ3n) is 5.79. The minimum atomic E-state index is 0.846. The maximum Gasteiger partial charge on any atom is 0.123 e. The van der Waals surface area contributed by atoms with Crippen LogP contribution in [0, 0.1) is 23.7 Å². The van der Waals surface area contributed by atoms with Gasteiger partial charge in [0, 0.05) is 6.07 Å². The lowest BCUT2D eigenvalue weighted by Gasteiger charge is -2.51. The highest BCUT2D eigenvalue weighted by atomic mass is 16.5. The van der Waals surface area contributed by atoms with E-state index in [0.717, 1.165) is 35.2 Å². The third-order valence-corrected chi connectivity index (χ3v) is 5.79. The zero-order valence-electron chi connectivity index (χ0n) is 13.0. The molecule has 0 spiro atoms. The molecule has 112 valence electrons. The van der Waals surface area contributed by atoms with Crippen LogP contribution < -0.4 is 9.47 Å². The van der Waals surface area contributed by atoms with Crippen molar-refractivity contribution in [3.05, 3.63) is 29.3 Å². The van der Waals surface area contributed by atoms with E-state index in [4.69, 9.17) is 9.47 Å². The summed E-state index contributed by atoms with van der Waals surface area (Å²) in [6, 6.07) is 6.19. The van der Waals surface area contributed by atoms with Crippen molar-refractivity contribution >= 4 is 6.08 Å². The molecule has 1 aromatic carbocycles. The summed E-state index contributed by atoms with van der Waals surface area (Å²) in [5, 5.41) is 0. The van der Waals surface area contributed by atoms with Crippen LogP contribution in [0.3, 0.4) is 0 Å². The fraction of sp³-hybridized carbons (Fsp3) is 0.579. The summed E-state index contributed by atoms with van der Waals surface area (Å²) in [5.74, 6) is 5.49. The Morgan fingerprint density at radius 1 is 0.810 bits per heavy atom. The van der Waals surface area contributed by atoms with Crippen molar-refractivity contribution in [2.45, 2.75) is 32.1 Å². The Labute approximate surface area is 127 Å². The summed E-state index contributed by atoms with van der Waals surface area (Å²) in [6.45, 7) is 0. The van der Waals surface area contributed by atoms with E-state index in [0.29, 0.717) is 0 Å². The molecular weight excluding hydrogens is 260 g/mol. The predicted octanol–water partition coefficient (Wildman–Crippen LogP) is 4.54. The summed E-state index contributed by atoms with van der Waals surface area (Å²) in [6.07, 6.45) is 9.66. The normalized spacial score (nSPS) is 33.1. The molecule has 0 atom stereocenters.